The Morgan fingerprint density at radius 1 is 1.04 bits per heavy atom. The third-order valence-corrected chi connectivity index (χ3v) is 6.45. The summed E-state index contributed by atoms with van der Waals surface area (Å²) in [5.41, 5.74) is 2.08. The second-order valence-corrected chi connectivity index (χ2v) is 8.32. The van der Waals surface area contributed by atoms with Gasteiger partial charge in [-0.1, -0.05) is 42.0 Å². The van der Waals surface area contributed by atoms with Gasteiger partial charge in [-0.25, -0.2) is 0 Å². The summed E-state index contributed by atoms with van der Waals surface area (Å²) in [5.74, 6) is 0.00843. The van der Waals surface area contributed by atoms with Crippen LogP contribution in [0.5, 0.6) is 0 Å². The van der Waals surface area contributed by atoms with Crippen molar-refractivity contribution in [2.24, 2.45) is 0 Å². The molecule has 1 amide bonds. The molecule has 0 saturated heterocycles. The van der Waals surface area contributed by atoms with E-state index in [1.54, 1.807) is 0 Å². The first-order valence-corrected chi connectivity index (χ1v) is 10.9. The van der Waals surface area contributed by atoms with E-state index in [0.29, 0.717) is 38.8 Å². The number of hydrogen-bond donors (Lipinski definition) is 1. The lowest BCUT2D eigenvalue weighted by Crippen LogP contribution is -2.45. The van der Waals surface area contributed by atoms with Crippen LogP contribution in [0, 0.1) is 0 Å². The number of benzene rings is 1. The Balaban J connectivity index is 2.55. The van der Waals surface area contributed by atoms with Crippen LogP contribution in [-0.2, 0) is 24.6 Å². The van der Waals surface area contributed by atoms with Gasteiger partial charge in [0.25, 0.3) is 0 Å². The predicted molar refractivity (Wildman–Crippen MR) is 102 cm³/mol. The van der Waals surface area contributed by atoms with Crippen molar-refractivity contribution in [2.45, 2.75) is 46.7 Å². The van der Waals surface area contributed by atoms with Crippen molar-refractivity contribution >= 4 is 14.7 Å². The summed E-state index contributed by atoms with van der Waals surface area (Å²) in [7, 11) is -2.69. The van der Waals surface area contributed by atoms with Gasteiger partial charge in [0.1, 0.15) is 0 Å². The summed E-state index contributed by atoms with van der Waals surface area (Å²) in [6.07, 6.45) is 2.37. The van der Waals surface area contributed by atoms with Gasteiger partial charge < -0.3 is 18.6 Å². The molecule has 6 heteroatoms. The first-order chi connectivity index (χ1) is 12.0. The first kappa shape index (κ1) is 21.6. The SMILES string of the molecule is CCO[Si](C/C=C(\C)CC(=O)NCc1ccccc1)(OCC)OCC. The van der Waals surface area contributed by atoms with Crippen LogP contribution in [0.4, 0.5) is 0 Å². The summed E-state index contributed by atoms with van der Waals surface area (Å²) in [4.78, 5) is 12.1. The van der Waals surface area contributed by atoms with Crippen LogP contribution in [0.2, 0.25) is 6.04 Å². The molecule has 0 spiro atoms. The van der Waals surface area contributed by atoms with E-state index in [4.69, 9.17) is 13.3 Å². The largest absolute Gasteiger partial charge is 0.504 e. The van der Waals surface area contributed by atoms with Crippen LogP contribution in [0.25, 0.3) is 0 Å². The van der Waals surface area contributed by atoms with E-state index in [2.05, 4.69) is 5.32 Å². The summed E-state index contributed by atoms with van der Waals surface area (Å²) in [5, 5.41) is 2.94. The van der Waals surface area contributed by atoms with Crippen molar-refractivity contribution in [1.29, 1.82) is 0 Å². The van der Waals surface area contributed by atoms with Crippen LogP contribution in [0.1, 0.15) is 39.7 Å². The average molecular weight is 366 g/mol. The molecule has 1 aromatic carbocycles. The van der Waals surface area contributed by atoms with Crippen LogP contribution >= 0.6 is 0 Å². The van der Waals surface area contributed by atoms with Crippen molar-refractivity contribution in [2.75, 3.05) is 19.8 Å². The van der Waals surface area contributed by atoms with E-state index in [1.165, 1.54) is 0 Å². The van der Waals surface area contributed by atoms with Gasteiger partial charge in [0.05, 0.1) is 0 Å². The maximum absolute atomic E-state index is 12.1. The fourth-order valence-electron chi connectivity index (χ4n) is 2.45. The lowest BCUT2D eigenvalue weighted by Gasteiger charge is -2.27. The second-order valence-electron chi connectivity index (χ2n) is 5.68. The fraction of sp³-hybridized carbons (Fsp3) is 0.526. The normalized spacial score (nSPS) is 12.2. The van der Waals surface area contributed by atoms with Crippen molar-refractivity contribution in [3.05, 3.63) is 47.5 Å². The Hall–Kier alpha value is -1.47. The molecule has 5 nitrogen and oxygen atoms in total. The average Bonchev–Trinajstić information content (AvgIpc) is 2.60. The highest BCUT2D eigenvalue weighted by molar-refractivity contribution is 6.61. The number of carbonyl (C=O) groups excluding carboxylic acids is 1. The Morgan fingerprint density at radius 2 is 1.60 bits per heavy atom. The quantitative estimate of drug-likeness (QED) is 0.453. The zero-order valence-corrected chi connectivity index (χ0v) is 16.8. The monoisotopic (exact) mass is 365 g/mol. The lowest BCUT2D eigenvalue weighted by molar-refractivity contribution is -0.120. The van der Waals surface area contributed by atoms with Crippen molar-refractivity contribution in [3.8, 4) is 0 Å². The third-order valence-electron chi connectivity index (χ3n) is 3.57. The van der Waals surface area contributed by atoms with Gasteiger partial charge in [-0.15, -0.1) is 0 Å². The molecule has 1 N–H and O–H groups in total. The van der Waals surface area contributed by atoms with Gasteiger partial charge in [0, 0.05) is 38.8 Å². The molecule has 0 radical (unpaired) electrons. The van der Waals surface area contributed by atoms with Gasteiger partial charge in [-0.05, 0) is 33.3 Å². The Kier molecular flexibility index (Phi) is 10.3. The minimum Gasteiger partial charge on any atom is -0.374 e. The minimum absolute atomic E-state index is 0.00843. The van der Waals surface area contributed by atoms with E-state index < -0.39 is 8.80 Å². The zero-order valence-electron chi connectivity index (χ0n) is 15.8. The smallest absolute Gasteiger partial charge is 0.374 e. The molecule has 0 bridgehead atoms. The molecular formula is C19H31NO4Si. The number of amides is 1. The molecule has 1 rings (SSSR count). The van der Waals surface area contributed by atoms with Gasteiger partial charge in [-0.2, -0.15) is 0 Å². The van der Waals surface area contributed by atoms with Crippen molar-refractivity contribution in [3.63, 3.8) is 0 Å². The molecule has 0 unspecified atom stereocenters. The number of hydrogen-bond acceptors (Lipinski definition) is 4. The van der Waals surface area contributed by atoms with E-state index in [0.717, 1.165) is 11.1 Å². The van der Waals surface area contributed by atoms with Gasteiger partial charge >= 0.3 is 8.80 Å². The van der Waals surface area contributed by atoms with Gasteiger partial charge in [-0.3, -0.25) is 4.79 Å². The number of carbonyl (C=O) groups is 1. The molecule has 0 fully saturated rings. The first-order valence-electron chi connectivity index (χ1n) is 8.93. The molecule has 0 aliphatic carbocycles. The molecule has 0 saturated carbocycles. The maximum atomic E-state index is 12.1. The third kappa shape index (κ3) is 8.44. The summed E-state index contributed by atoms with van der Waals surface area (Å²) >= 11 is 0. The fourth-order valence-corrected chi connectivity index (χ4v) is 4.97. The van der Waals surface area contributed by atoms with Crippen LogP contribution in [0.15, 0.2) is 42.0 Å². The van der Waals surface area contributed by atoms with Gasteiger partial charge in [0.2, 0.25) is 5.91 Å². The highest BCUT2D eigenvalue weighted by atomic mass is 28.4. The van der Waals surface area contributed by atoms with Crippen molar-refractivity contribution < 1.29 is 18.1 Å². The summed E-state index contributed by atoms with van der Waals surface area (Å²) in [6, 6.07) is 10.5. The molecule has 1 aromatic rings. The molecule has 25 heavy (non-hydrogen) atoms. The molecule has 0 aliphatic heterocycles. The maximum Gasteiger partial charge on any atom is 0.504 e. The molecule has 0 heterocycles. The highest BCUT2D eigenvalue weighted by Gasteiger charge is 2.39. The Bertz CT molecular complexity index is 516. The summed E-state index contributed by atoms with van der Waals surface area (Å²) < 4.78 is 17.5. The lowest BCUT2D eigenvalue weighted by atomic mass is 10.2. The van der Waals surface area contributed by atoms with E-state index in [1.807, 2.05) is 64.1 Å². The number of rotatable bonds is 12. The van der Waals surface area contributed by atoms with Crippen molar-refractivity contribution in [1.82, 2.24) is 5.32 Å². The topological polar surface area (TPSA) is 56.8 Å². The minimum atomic E-state index is -2.69. The predicted octanol–water partition coefficient (Wildman–Crippen LogP) is 3.69. The number of nitrogens with one attached hydrogen (secondary N) is 1. The van der Waals surface area contributed by atoms with Crippen LogP contribution in [-0.4, -0.2) is 34.5 Å². The van der Waals surface area contributed by atoms with E-state index >= 15 is 0 Å². The van der Waals surface area contributed by atoms with E-state index in [-0.39, 0.29) is 5.91 Å². The van der Waals surface area contributed by atoms with Crippen LogP contribution < -0.4 is 5.32 Å². The molecule has 0 aliphatic rings. The Morgan fingerprint density at radius 3 is 2.12 bits per heavy atom. The van der Waals surface area contributed by atoms with Gasteiger partial charge in [0.15, 0.2) is 0 Å². The molecule has 0 atom stereocenters. The molecule has 0 aromatic heterocycles. The highest BCUT2D eigenvalue weighted by Crippen LogP contribution is 2.18. The summed E-state index contributed by atoms with van der Waals surface area (Å²) in [6.45, 7) is 9.96. The number of allylic oxidation sites excluding steroid dienone is 1. The standard InChI is InChI=1S/C19H31NO4Si/c1-5-22-25(23-6-2,24-7-3)14-13-17(4)15-19(21)20-16-18-11-9-8-10-12-18/h8-13H,5-7,14-16H2,1-4H3,(H,20,21)/b17-13+. The second kappa shape index (κ2) is 12.0. The Labute approximate surface area is 152 Å². The zero-order chi connectivity index (χ0) is 18.5. The van der Waals surface area contributed by atoms with Crippen LogP contribution in [0.3, 0.4) is 0 Å². The van der Waals surface area contributed by atoms with E-state index in [9.17, 15) is 4.79 Å². The molecular weight excluding hydrogens is 334 g/mol. The molecule has 140 valence electrons.